The number of fused-ring (bicyclic) bond motifs is 1. The van der Waals surface area contributed by atoms with Gasteiger partial charge in [0.05, 0.1) is 35.5 Å². The number of aryl methyl sites for hydroxylation is 1. The maximum absolute atomic E-state index is 12.4. The van der Waals surface area contributed by atoms with Crippen LogP contribution < -0.4 is 14.8 Å². The largest absolute Gasteiger partial charge is 0.490 e. The lowest BCUT2D eigenvalue weighted by Gasteiger charge is -2.18. The number of hydrogen-bond donors (Lipinski definition) is 1. The van der Waals surface area contributed by atoms with E-state index in [1.54, 1.807) is 25.2 Å². The molecule has 0 saturated heterocycles. The van der Waals surface area contributed by atoms with E-state index in [1.165, 1.54) is 4.90 Å². The molecule has 8 heteroatoms. The second kappa shape index (κ2) is 9.85. The molecule has 0 aliphatic carbocycles. The highest BCUT2D eigenvalue weighted by atomic mass is 35.5. The number of ether oxygens (including phenoxy) is 2. The van der Waals surface area contributed by atoms with Crippen molar-refractivity contribution in [1.29, 1.82) is 0 Å². The van der Waals surface area contributed by atoms with E-state index in [0.717, 1.165) is 17.7 Å². The Balaban J connectivity index is 1.51. The molecule has 2 aromatic carbocycles. The number of carbonyl (C=O) groups excluding carboxylic acids is 2. The zero-order valence-corrected chi connectivity index (χ0v) is 17.6. The molecule has 1 aliphatic heterocycles. The minimum Gasteiger partial charge on any atom is -0.490 e. The maximum Gasteiger partial charge on any atom is 0.244 e. The van der Waals surface area contributed by atoms with Crippen molar-refractivity contribution in [2.24, 2.45) is 0 Å². The number of para-hydroxylation sites is 1. The van der Waals surface area contributed by atoms with E-state index in [0.29, 0.717) is 41.1 Å². The first-order valence-corrected chi connectivity index (χ1v) is 10.1. The van der Waals surface area contributed by atoms with E-state index >= 15 is 0 Å². The number of halogens is 2. The molecule has 3 rings (SSSR count). The number of likely N-dealkylation sites (N-methyl/N-ethyl adjacent to an activating group) is 1. The zero-order chi connectivity index (χ0) is 20.8. The first kappa shape index (κ1) is 21.3. The zero-order valence-electron chi connectivity index (χ0n) is 16.0. The Hall–Kier alpha value is -2.44. The molecule has 0 unspecified atom stereocenters. The van der Waals surface area contributed by atoms with Gasteiger partial charge < -0.3 is 19.7 Å². The lowest BCUT2D eigenvalue weighted by atomic mass is 10.1. The van der Waals surface area contributed by atoms with Crippen molar-refractivity contribution in [1.82, 2.24) is 4.90 Å². The predicted octanol–water partition coefficient (Wildman–Crippen LogP) is 4.18. The van der Waals surface area contributed by atoms with Crippen LogP contribution in [0.1, 0.15) is 18.4 Å². The Morgan fingerprint density at radius 3 is 2.48 bits per heavy atom. The summed E-state index contributed by atoms with van der Waals surface area (Å²) in [4.78, 5) is 26.0. The summed E-state index contributed by atoms with van der Waals surface area (Å²) in [7, 11) is 1.59. The highest BCUT2D eigenvalue weighted by Crippen LogP contribution is 2.31. The maximum atomic E-state index is 12.4. The molecule has 0 fully saturated rings. The van der Waals surface area contributed by atoms with Gasteiger partial charge in [-0.1, -0.05) is 35.3 Å². The number of carbonyl (C=O) groups is 2. The fourth-order valence-corrected chi connectivity index (χ4v) is 3.40. The summed E-state index contributed by atoms with van der Waals surface area (Å²) < 4.78 is 11.3. The predicted molar refractivity (Wildman–Crippen MR) is 113 cm³/mol. The van der Waals surface area contributed by atoms with Crippen molar-refractivity contribution >= 4 is 40.7 Å². The van der Waals surface area contributed by atoms with Gasteiger partial charge in [0.2, 0.25) is 11.8 Å². The molecule has 0 atom stereocenters. The average Bonchev–Trinajstić information content (AvgIpc) is 2.94. The van der Waals surface area contributed by atoms with Crippen molar-refractivity contribution in [3.05, 3.63) is 52.0 Å². The van der Waals surface area contributed by atoms with Gasteiger partial charge in [-0.25, -0.2) is 0 Å². The molecule has 0 saturated carbocycles. The van der Waals surface area contributed by atoms with Crippen molar-refractivity contribution in [2.75, 3.05) is 32.1 Å². The summed E-state index contributed by atoms with van der Waals surface area (Å²) >= 11 is 12.1. The molecular weight excluding hydrogens is 415 g/mol. The number of rotatable bonds is 6. The van der Waals surface area contributed by atoms with Crippen LogP contribution in [0.25, 0.3) is 0 Å². The minimum atomic E-state index is -0.369. The summed E-state index contributed by atoms with van der Waals surface area (Å²) in [5.41, 5.74) is 1.32. The van der Waals surface area contributed by atoms with Crippen molar-refractivity contribution in [3.8, 4) is 11.5 Å². The average molecular weight is 437 g/mol. The third-order valence-electron chi connectivity index (χ3n) is 4.47. The van der Waals surface area contributed by atoms with Gasteiger partial charge in [0, 0.05) is 19.9 Å². The van der Waals surface area contributed by atoms with Crippen LogP contribution in [0.5, 0.6) is 11.5 Å². The highest BCUT2D eigenvalue weighted by Gasteiger charge is 2.16. The van der Waals surface area contributed by atoms with Crippen molar-refractivity contribution in [3.63, 3.8) is 0 Å². The van der Waals surface area contributed by atoms with Crippen LogP contribution in [0, 0.1) is 0 Å². The Morgan fingerprint density at radius 1 is 1.07 bits per heavy atom. The molecule has 154 valence electrons. The van der Waals surface area contributed by atoms with Crippen molar-refractivity contribution < 1.29 is 19.1 Å². The number of hydrogen-bond acceptors (Lipinski definition) is 4. The molecule has 1 heterocycles. The van der Waals surface area contributed by atoms with Crippen molar-refractivity contribution in [2.45, 2.75) is 19.3 Å². The summed E-state index contributed by atoms with van der Waals surface area (Å²) in [5.74, 6) is 0.922. The molecule has 29 heavy (non-hydrogen) atoms. The SMILES string of the molecule is CN(CC(=O)Nc1c(Cl)cccc1Cl)C(=O)CCc1ccc2c(c1)OCCCO2. The Bertz CT molecular complexity index is 884. The van der Waals surface area contributed by atoms with Crippen LogP contribution >= 0.6 is 23.2 Å². The molecule has 0 bridgehead atoms. The highest BCUT2D eigenvalue weighted by molar-refractivity contribution is 6.39. The quantitative estimate of drug-likeness (QED) is 0.736. The number of amides is 2. The number of nitrogens with zero attached hydrogens (tertiary/aromatic N) is 1. The molecular formula is C21H22Cl2N2O4. The normalized spacial score (nSPS) is 12.8. The Morgan fingerprint density at radius 2 is 1.76 bits per heavy atom. The van der Waals surface area contributed by atoms with Gasteiger partial charge in [-0.05, 0) is 36.2 Å². The standard InChI is InChI=1S/C21H22Cl2N2O4/c1-25(13-19(26)24-21-15(22)4-2-5-16(21)23)20(27)9-7-14-6-8-17-18(12-14)29-11-3-10-28-17/h2,4-6,8,12H,3,7,9-11,13H2,1H3,(H,24,26). The first-order valence-electron chi connectivity index (χ1n) is 9.30. The molecule has 6 nitrogen and oxygen atoms in total. The molecule has 2 aromatic rings. The van der Waals surface area contributed by atoms with Crippen LogP contribution in [0.3, 0.4) is 0 Å². The van der Waals surface area contributed by atoms with E-state index in [2.05, 4.69) is 5.32 Å². The lowest BCUT2D eigenvalue weighted by molar-refractivity contribution is -0.133. The van der Waals surface area contributed by atoms with E-state index < -0.39 is 0 Å². The molecule has 0 radical (unpaired) electrons. The Labute approximate surface area is 179 Å². The number of anilines is 1. The first-order chi connectivity index (χ1) is 13.9. The summed E-state index contributed by atoms with van der Waals surface area (Å²) in [6.45, 7) is 1.15. The molecule has 1 aliphatic rings. The van der Waals surface area contributed by atoms with Gasteiger partial charge in [-0.3, -0.25) is 9.59 Å². The van der Waals surface area contributed by atoms with Gasteiger partial charge in [-0.2, -0.15) is 0 Å². The number of nitrogens with one attached hydrogen (secondary N) is 1. The van der Waals surface area contributed by atoms with Gasteiger partial charge in [0.15, 0.2) is 11.5 Å². The monoisotopic (exact) mass is 436 g/mol. The van der Waals surface area contributed by atoms with Gasteiger partial charge in [0.25, 0.3) is 0 Å². The van der Waals surface area contributed by atoms with Crippen LogP contribution in [0.4, 0.5) is 5.69 Å². The van der Waals surface area contributed by atoms with E-state index in [9.17, 15) is 9.59 Å². The van der Waals surface area contributed by atoms with E-state index in [4.69, 9.17) is 32.7 Å². The Kier molecular flexibility index (Phi) is 7.23. The number of benzene rings is 2. The molecule has 0 aromatic heterocycles. The molecule has 2 amide bonds. The molecule has 0 spiro atoms. The van der Waals surface area contributed by atoms with Crippen LogP contribution in [0.2, 0.25) is 10.0 Å². The second-order valence-electron chi connectivity index (χ2n) is 6.73. The van der Waals surface area contributed by atoms with Crippen LogP contribution in [-0.4, -0.2) is 43.5 Å². The minimum absolute atomic E-state index is 0.0957. The lowest BCUT2D eigenvalue weighted by Crippen LogP contribution is -2.35. The summed E-state index contributed by atoms with van der Waals surface area (Å²) in [5, 5.41) is 3.33. The van der Waals surface area contributed by atoms with Crippen LogP contribution in [0.15, 0.2) is 36.4 Å². The molecule has 1 N–H and O–H groups in total. The third kappa shape index (κ3) is 5.78. The summed E-state index contributed by atoms with van der Waals surface area (Å²) in [6.07, 6.45) is 1.66. The third-order valence-corrected chi connectivity index (χ3v) is 5.10. The smallest absolute Gasteiger partial charge is 0.244 e. The van der Waals surface area contributed by atoms with E-state index in [1.807, 2.05) is 18.2 Å². The van der Waals surface area contributed by atoms with E-state index in [-0.39, 0.29) is 24.8 Å². The fourth-order valence-electron chi connectivity index (χ4n) is 2.91. The summed E-state index contributed by atoms with van der Waals surface area (Å²) in [6, 6.07) is 10.6. The van der Waals surface area contributed by atoms with Gasteiger partial charge in [-0.15, -0.1) is 0 Å². The van der Waals surface area contributed by atoms with Gasteiger partial charge in [0.1, 0.15) is 0 Å². The van der Waals surface area contributed by atoms with Crippen LogP contribution in [-0.2, 0) is 16.0 Å². The topological polar surface area (TPSA) is 67.9 Å². The van der Waals surface area contributed by atoms with Gasteiger partial charge >= 0.3 is 0 Å². The fraction of sp³-hybridized carbons (Fsp3) is 0.333. The second-order valence-corrected chi connectivity index (χ2v) is 7.54.